The minimum absolute atomic E-state index is 0.0858. The zero-order valence-corrected chi connectivity index (χ0v) is 10.2. The number of carbonyl (C=O) groups excluding carboxylic acids is 1. The van der Waals surface area contributed by atoms with Crippen molar-refractivity contribution in [2.75, 3.05) is 11.4 Å². The number of amides is 1. The maximum absolute atomic E-state index is 12.1. The van der Waals surface area contributed by atoms with Gasteiger partial charge in [0.2, 0.25) is 5.91 Å². The van der Waals surface area contributed by atoms with Crippen LogP contribution in [0.2, 0.25) is 0 Å². The summed E-state index contributed by atoms with van der Waals surface area (Å²) < 4.78 is 0. The number of hydrogen-bond acceptors (Lipinski definition) is 2. The first-order valence-corrected chi connectivity index (χ1v) is 5.94. The van der Waals surface area contributed by atoms with Gasteiger partial charge < -0.3 is 4.90 Å². The second-order valence-electron chi connectivity index (χ2n) is 4.58. The van der Waals surface area contributed by atoms with Crippen molar-refractivity contribution in [1.82, 2.24) is 0 Å². The lowest BCUT2D eigenvalue weighted by atomic mass is 9.98. The first-order valence-electron chi connectivity index (χ1n) is 5.94. The molecule has 0 saturated carbocycles. The van der Waals surface area contributed by atoms with Crippen LogP contribution in [0.5, 0.6) is 0 Å². The Morgan fingerprint density at radius 3 is 3.00 bits per heavy atom. The van der Waals surface area contributed by atoms with Gasteiger partial charge in [0.15, 0.2) is 0 Å². The van der Waals surface area contributed by atoms with Crippen molar-refractivity contribution in [3.63, 3.8) is 0 Å². The van der Waals surface area contributed by atoms with E-state index in [0.717, 1.165) is 25.1 Å². The lowest BCUT2D eigenvalue weighted by Gasteiger charge is -2.30. The Morgan fingerprint density at radius 2 is 2.29 bits per heavy atom. The highest BCUT2D eigenvalue weighted by Gasteiger charge is 2.25. The summed E-state index contributed by atoms with van der Waals surface area (Å²) in [6.45, 7) is 4.44. The van der Waals surface area contributed by atoms with Crippen LogP contribution in [0.1, 0.15) is 24.5 Å². The fraction of sp³-hybridized carbons (Fsp3) is 0.429. The summed E-state index contributed by atoms with van der Waals surface area (Å²) in [5.74, 6) is -0.653. The Morgan fingerprint density at radius 1 is 1.53 bits per heavy atom. The van der Waals surface area contributed by atoms with Crippen LogP contribution in [0.4, 0.5) is 5.69 Å². The van der Waals surface area contributed by atoms with Gasteiger partial charge in [-0.2, -0.15) is 5.26 Å². The van der Waals surface area contributed by atoms with Crippen molar-refractivity contribution in [1.29, 1.82) is 5.26 Å². The van der Waals surface area contributed by atoms with Crippen LogP contribution >= 0.6 is 0 Å². The summed E-state index contributed by atoms with van der Waals surface area (Å²) >= 11 is 0. The standard InChI is InChI=1S/C14H16N2O/c1-10-5-6-13-12(8-10)4-3-7-16(13)14(17)11(2)9-15/h5-6,8,11H,3-4,7H2,1-2H3. The molecule has 1 aliphatic rings. The smallest absolute Gasteiger partial charge is 0.244 e. The maximum Gasteiger partial charge on any atom is 0.244 e. The molecule has 1 aromatic carbocycles. The van der Waals surface area contributed by atoms with Crippen LogP contribution in [0, 0.1) is 24.2 Å². The molecule has 1 aromatic rings. The summed E-state index contributed by atoms with van der Waals surface area (Å²) in [6.07, 6.45) is 1.99. The molecule has 1 aliphatic heterocycles. The molecule has 3 heteroatoms. The molecule has 0 N–H and O–H groups in total. The fourth-order valence-corrected chi connectivity index (χ4v) is 2.24. The van der Waals surface area contributed by atoms with E-state index < -0.39 is 5.92 Å². The number of hydrogen-bond donors (Lipinski definition) is 0. The summed E-state index contributed by atoms with van der Waals surface area (Å²) in [4.78, 5) is 13.8. The topological polar surface area (TPSA) is 44.1 Å². The van der Waals surface area contributed by atoms with Crippen molar-refractivity contribution < 1.29 is 4.79 Å². The van der Waals surface area contributed by atoms with Gasteiger partial charge in [-0.15, -0.1) is 0 Å². The lowest BCUT2D eigenvalue weighted by Crippen LogP contribution is -2.38. The van der Waals surface area contributed by atoms with Crippen molar-refractivity contribution >= 4 is 11.6 Å². The highest BCUT2D eigenvalue weighted by atomic mass is 16.2. The third-order valence-corrected chi connectivity index (χ3v) is 3.18. The average molecular weight is 228 g/mol. The second-order valence-corrected chi connectivity index (χ2v) is 4.58. The highest BCUT2D eigenvalue weighted by molar-refractivity contribution is 5.97. The van der Waals surface area contributed by atoms with E-state index in [4.69, 9.17) is 5.26 Å². The van der Waals surface area contributed by atoms with Gasteiger partial charge in [-0.1, -0.05) is 17.7 Å². The molecule has 1 amide bonds. The van der Waals surface area contributed by atoms with Gasteiger partial charge in [-0.3, -0.25) is 4.79 Å². The van der Waals surface area contributed by atoms with Gasteiger partial charge in [0, 0.05) is 12.2 Å². The van der Waals surface area contributed by atoms with Gasteiger partial charge in [-0.05, 0) is 38.3 Å². The zero-order chi connectivity index (χ0) is 12.4. The van der Waals surface area contributed by atoms with Crippen molar-refractivity contribution in [3.8, 4) is 6.07 Å². The van der Waals surface area contributed by atoms with Gasteiger partial charge in [0.25, 0.3) is 0 Å². The monoisotopic (exact) mass is 228 g/mol. The Balaban J connectivity index is 2.36. The van der Waals surface area contributed by atoms with E-state index >= 15 is 0 Å². The van der Waals surface area contributed by atoms with Gasteiger partial charge in [-0.25, -0.2) is 0 Å². The van der Waals surface area contributed by atoms with E-state index in [1.54, 1.807) is 11.8 Å². The largest absolute Gasteiger partial charge is 0.311 e. The van der Waals surface area contributed by atoms with Crippen molar-refractivity contribution in [2.45, 2.75) is 26.7 Å². The molecule has 3 nitrogen and oxygen atoms in total. The molecule has 17 heavy (non-hydrogen) atoms. The molecule has 1 heterocycles. The first kappa shape index (κ1) is 11.7. The van der Waals surface area contributed by atoms with Crippen LogP contribution in [0.15, 0.2) is 18.2 Å². The van der Waals surface area contributed by atoms with E-state index in [-0.39, 0.29) is 5.91 Å². The minimum atomic E-state index is -0.567. The molecule has 0 fully saturated rings. The molecule has 0 spiro atoms. The molecule has 88 valence electrons. The van der Waals surface area contributed by atoms with Crippen LogP contribution in [-0.4, -0.2) is 12.5 Å². The van der Waals surface area contributed by atoms with Gasteiger partial charge >= 0.3 is 0 Å². The van der Waals surface area contributed by atoms with E-state index in [2.05, 4.69) is 13.0 Å². The number of carbonyl (C=O) groups is 1. The third kappa shape index (κ3) is 2.16. The van der Waals surface area contributed by atoms with Crippen LogP contribution < -0.4 is 4.90 Å². The molecule has 1 atom stereocenters. The number of fused-ring (bicyclic) bond motifs is 1. The van der Waals surface area contributed by atoms with Gasteiger partial charge in [0.05, 0.1) is 6.07 Å². The van der Waals surface area contributed by atoms with Crippen LogP contribution in [0.3, 0.4) is 0 Å². The SMILES string of the molecule is Cc1ccc2c(c1)CCCN2C(=O)C(C)C#N. The number of benzene rings is 1. The van der Waals surface area contributed by atoms with Crippen LogP contribution in [0.25, 0.3) is 0 Å². The number of aryl methyl sites for hydroxylation is 2. The first-order chi connectivity index (χ1) is 8.13. The Kier molecular flexibility index (Phi) is 3.14. The van der Waals surface area contributed by atoms with E-state index in [0.29, 0.717) is 0 Å². The second kappa shape index (κ2) is 4.58. The highest BCUT2D eigenvalue weighted by Crippen LogP contribution is 2.28. The molecule has 0 bridgehead atoms. The molecule has 0 radical (unpaired) electrons. The predicted molar refractivity (Wildman–Crippen MR) is 66.6 cm³/mol. The van der Waals surface area contributed by atoms with E-state index in [9.17, 15) is 4.79 Å². The number of nitrogens with zero attached hydrogens (tertiary/aromatic N) is 2. The molecule has 1 unspecified atom stereocenters. The Hall–Kier alpha value is -1.82. The van der Waals surface area contributed by atoms with E-state index in [1.807, 2.05) is 18.2 Å². The maximum atomic E-state index is 12.1. The summed E-state index contributed by atoms with van der Waals surface area (Å²) in [5, 5.41) is 8.83. The minimum Gasteiger partial charge on any atom is -0.311 e. The van der Waals surface area contributed by atoms with Gasteiger partial charge in [0.1, 0.15) is 5.92 Å². The molecule has 0 aliphatic carbocycles. The molecular formula is C14H16N2O. The Bertz CT molecular complexity index is 487. The van der Waals surface area contributed by atoms with Crippen molar-refractivity contribution in [2.24, 2.45) is 5.92 Å². The normalized spacial score (nSPS) is 15.9. The zero-order valence-electron chi connectivity index (χ0n) is 10.2. The van der Waals surface area contributed by atoms with Crippen LogP contribution in [-0.2, 0) is 11.2 Å². The van der Waals surface area contributed by atoms with Crippen molar-refractivity contribution in [3.05, 3.63) is 29.3 Å². The molecule has 0 aromatic heterocycles. The number of rotatable bonds is 1. The Labute approximate surface area is 102 Å². The molecule has 2 rings (SSSR count). The number of anilines is 1. The lowest BCUT2D eigenvalue weighted by molar-refractivity contribution is -0.120. The summed E-state index contributed by atoms with van der Waals surface area (Å²) in [6, 6.07) is 8.15. The molecule has 0 saturated heterocycles. The number of nitriles is 1. The molecular weight excluding hydrogens is 212 g/mol. The summed E-state index contributed by atoms with van der Waals surface area (Å²) in [5.41, 5.74) is 3.41. The predicted octanol–water partition coefficient (Wildman–Crippen LogP) is 2.43. The summed E-state index contributed by atoms with van der Waals surface area (Å²) in [7, 11) is 0. The quantitative estimate of drug-likeness (QED) is 0.741. The van der Waals surface area contributed by atoms with E-state index in [1.165, 1.54) is 11.1 Å². The fourth-order valence-electron chi connectivity index (χ4n) is 2.24. The average Bonchev–Trinajstić information content (AvgIpc) is 2.35. The third-order valence-electron chi connectivity index (χ3n) is 3.18.